The third-order valence-electron chi connectivity index (χ3n) is 6.90. The largest absolute Gasteiger partial charge is 0.374 e. The third-order valence-corrected chi connectivity index (χ3v) is 10.0. The summed E-state index contributed by atoms with van der Waals surface area (Å²) >= 11 is 0. The molecule has 0 spiro atoms. The van der Waals surface area contributed by atoms with E-state index in [-0.39, 0.29) is 0 Å². The van der Waals surface area contributed by atoms with Gasteiger partial charge in [0.2, 0.25) is 0 Å². The van der Waals surface area contributed by atoms with Crippen molar-refractivity contribution < 1.29 is 4.57 Å². The summed E-state index contributed by atoms with van der Waals surface area (Å²) in [5, 5.41) is 0. The Labute approximate surface area is 196 Å². The predicted octanol–water partition coefficient (Wildman–Crippen LogP) is 5.85. The van der Waals surface area contributed by atoms with Gasteiger partial charge in [-0.1, -0.05) is 18.2 Å². The SMILES string of the molecule is CCN1C=CC(CCP(=O)(CCC2=CCN(CC)C=C2)CCC2=CCN(CC)C=C2)=CC1. The second kappa shape index (κ2) is 12.3. The van der Waals surface area contributed by atoms with E-state index in [0.717, 1.165) is 77.0 Å². The monoisotopic (exact) mass is 455 g/mol. The van der Waals surface area contributed by atoms with Gasteiger partial charge >= 0.3 is 0 Å². The van der Waals surface area contributed by atoms with Crippen molar-refractivity contribution in [2.75, 3.05) is 57.8 Å². The van der Waals surface area contributed by atoms with Gasteiger partial charge in [0.05, 0.1) is 7.14 Å². The Morgan fingerprint density at radius 1 is 0.625 bits per heavy atom. The van der Waals surface area contributed by atoms with Crippen molar-refractivity contribution in [1.29, 1.82) is 0 Å². The minimum atomic E-state index is -2.25. The summed E-state index contributed by atoms with van der Waals surface area (Å²) in [4.78, 5) is 6.89. The highest BCUT2D eigenvalue weighted by Gasteiger charge is 2.23. The zero-order chi connectivity index (χ0) is 22.8. The lowest BCUT2D eigenvalue weighted by atomic mass is 10.1. The third kappa shape index (κ3) is 7.59. The van der Waals surface area contributed by atoms with Crippen LogP contribution < -0.4 is 0 Å². The number of allylic oxidation sites excluding steroid dienone is 6. The van der Waals surface area contributed by atoms with Crippen LogP contribution in [0.3, 0.4) is 0 Å². The topological polar surface area (TPSA) is 26.8 Å². The van der Waals surface area contributed by atoms with E-state index in [1.54, 1.807) is 0 Å². The summed E-state index contributed by atoms with van der Waals surface area (Å²) in [5.41, 5.74) is 4.04. The lowest BCUT2D eigenvalue weighted by molar-refractivity contribution is 0.433. The molecule has 0 N–H and O–H groups in total. The van der Waals surface area contributed by atoms with Gasteiger partial charge in [-0.25, -0.2) is 0 Å². The van der Waals surface area contributed by atoms with Gasteiger partial charge in [0.1, 0.15) is 0 Å². The van der Waals surface area contributed by atoms with Crippen LogP contribution in [0.25, 0.3) is 0 Å². The first-order valence-corrected chi connectivity index (χ1v) is 14.7. The lowest BCUT2D eigenvalue weighted by Gasteiger charge is -2.25. The molecule has 0 aromatic carbocycles. The maximum Gasteiger partial charge on any atom is 0.0887 e. The van der Waals surface area contributed by atoms with Gasteiger partial charge in [-0.15, -0.1) is 0 Å². The van der Waals surface area contributed by atoms with Crippen molar-refractivity contribution >= 4 is 7.14 Å². The van der Waals surface area contributed by atoms with E-state index in [1.165, 1.54) is 16.7 Å². The molecule has 3 rings (SSSR count). The molecule has 0 saturated carbocycles. The van der Waals surface area contributed by atoms with E-state index < -0.39 is 7.14 Å². The molecule has 4 nitrogen and oxygen atoms in total. The summed E-state index contributed by atoms with van der Waals surface area (Å²) in [6.07, 6.45) is 25.4. The second-order valence-electron chi connectivity index (χ2n) is 9.03. The van der Waals surface area contributed by atoms with Crippen molar-refractivity contribution in [2.45, 2.75) is 40.0 Å². The van der Waals surface area contributed by atoms with E-state index in [1.807, 2.05) is 0 Å². The van der Waals surface area contributed by atoms with Gasteiger partial charge in [-0.05, 0) is 93.6 Å². The molecule has 5 heteroatoms. The van der Waals surface area contributed by atoms with Gasteiger partial charge in [0.25, 0.3) is 0 Å². The molecule has 0 aliphatic carbocycles. The number of likely N-dealkylation sites (N-methyl/N-ethyl adjacent to an activating group) is 3. The van der Waals surface area contributed by atoms with Gasteiger partial charge < -0.3 is 19.3 Å². The van der Waals surface area contributed by atoms with Crippen LogP contribution in [0.4, 0.5) is 0 Å². The Morgan fingerprint density at radius 2 is 0.938 bits per heavy atom. The van der Waals surface area contributed by atoms with E-state index >= 15 is 0 Å². The van der Waals surface area contributed by atoms with Crippen LogP contribution >= 0.6 is 7.14 Å². The molecule has 32 heavy (non-hydrogen) atoms. The summed E-state index contributed by atoms with van der Waals surface area (Å²) in [7, 11) is -2.25. The van der Waals surface area contributed by atoms with E-state index in [0.29, 0.717) is 0 Å². The van der Waals surface area contributed by atoms with Crippen molar-refractivity contribution in [2.24, 2.45) is 0 Å². The zero-order valence-corrected chi connectivity index (χ0v) is 21.3. The fourth-order valence-electron chi connectivity index (χ4n) is 4.29. The molecule has 0 atom stereocenters. The van der Waals surface area contributed by atoms with Crippen LogP contribution in [-0.2, 0) is 4.57 Å². The molecule has 3 aliphatic rings. The Balaban J connectivity index is 1.59. The van der Waals surface area contributed by atoms with Crippen LogP contribution in [0.15, 0.2) is 71.8 Å². The number of hydrogen-bond donors (Lipinski definition) is 0. The number of rotatable bonds is 12. The Kier molecular flexibility index (Phi) is 9.53. The summed E-state index contributed by atoms with van der Waals surface area (Å²) in [6, 6.07) is 0. The lowest BCUT2D eigenvalue weighted by Crippen LogP contribution is -2.20. The fourth-order valence-corrected chi connectivity index (χ4v) is 6.96. The number of nitrogens with zero attached hydrogens (tertiary/aromatic N) is 3. The first-order valence-electron chi connectivity index (χ1n) is 12.4. The molecule has 0 aromatic rings. The molecular weight excluding hydrogens is 413 g/mol. The van der Waals surface area contributed by atoms with Crippen LogP contribution in [0, 0.1) is 0 Å². The van der Waals surface area contributed by atoms with Crippen molar-refractivity contribution in [3.8, 4) is 0 Å². The molecule has 0 fully saturated rings. The van der Waals surface area contributed by atoms with Gasteiger partial charge in [0.15, 0.2) is 0 Å². The summed E-state index contributed by atoms with van der Waals surface area (Å²) in [6.45, 7) is 12.6. The molecular formula is C27H42N3OP. The summed E-state index contributed by atoms with van der Waals surface area (Å²) in [5.74, 6) is 0. The maximum atomic E-state index is 14.1. The van der Waals surface area contributed by atoms with Crippen molar-refractivity contribution in [3.05, 3.63) is 71.8 Å². The first-order chi connectivity index (χ1) is 15.5. The van der Waals surface area contributed by atoms with Crippen LogP contribution in [0.2, 0.25) is 0 Å². The van der Waals surface area contributed by atoms with Crippen molar-refractivity contribution in [3.63, 3.8) is 0 Å². The zero-order valence-electron chi connectivity index (χ0n) is 20.4. The highest BCUT2D eigenvalue weighted by atomic mass is 31.2. The molecule has 3 aliphatic heterocycles. The van der Waals surface area contributed by atoms with Gasteiger partial charge in [0, 0.05) is 57.8 Å². The number of hydrogen-bond acceptors (Lipinski definition) is 4. The summed E-state index contributed by atoms with van der Waals surface area (Å²) < 4.78 is 14.1. The molecule has 0 radical (unpaired) electrons. The standard InChI is InChI=1S/C27H42N3OP/c1-4-28-16-7-25(8-17-28)13-22-32(31,23-14-26-9-18-29(5-2)19-10-26)24-15-27-11-20-30(6-3)21-12-27/h7-12,16,18,20H,4-6,13-15,17,19,21-24H2,1-3H3. The van der Waals surface area contributed by atoms with E-state index in [2.05, 4.69) is 90.5 Å². The molecule has 0 bridgehead atoms. The average Bonchev–Trinajstić information content (AvgIpc) is 2.86. The molecule has 0 unspecified atom stereocenters. The average molecular weight is 456 g/mol. The highest BCUT2D eigenvalue weighted by molar-refractivity contribution is 7.63. The molecule has 176 valence electrons. The van der Waals surface area contributed by atoms with Crippen molar-refractivity contribution in [1.82, 2.24) is 14.7 Å². The van der Waals surface area contributed by atoms with Gasteiger partial charge in [-0.3, -0.25) is 0 Å². The van der Waals surface area contributed by atoms with Crippen LogP contribution in [-0.4, -0.2) is 72.5 Å². The van der Waals surface area contributed by atoms with E-state index in [4.69, 9.17) is 0 Å². The quantitative estimate of drug-likeness (QED) is 0.345. The van der Waals surface area contributed by atoms with E-state index in [9.17, 15) is 4.57 Å². The highest BCUT2D eigenvalue weighted by Crippen LogP contribution is 2.49. The fraction of sp³-hybridized carbons (Fsp3) is 0.556. The smallest absolute Gasteiger partial charge is 0.0887 e. The molecule has 0 amide bonds. The predicted molar refractivity (Wildman–Crippen MR) is 139 cm³/mol. The van der Waals surface area contributed by atoms with Gasteiger partial charge in [-0.2, -0.15) is 0 Å². The minimum Gasteiger partial charge on any atom is -0.374 e. The Bertz CT molecular complexity index is 740. The maximum absolute atomic E-state index is 14.1. The normalized spacial score (nSPS) is 18.7. The van der Waals surface area contributed by atoms with Crippen LogP contribution in [0.1, 0.15) is 40.0 Å². The Hall–Kier alpha value is -1.93. The molecule has 0 saturated heterocycles. The minimum absolute atomic E-state index is 0.825. The van der Waals surface area contributed by atoms with Crippen LogP contribution in [0.5, 0.6) is 0 Å². The Morgan fingerprint density at radius 3 is 1.16 bits per heavy atom. The first kappa shape index (κ1) is 24.7. The second-order valence-corrected chi connectivity index (χ2v) is 12.5. The molecule has 0 aromatic heterocycles. The molecule has 3 heterocycles.